The molecule has 0 radical (unpaired) electrons. The van der Waals surface area contributed by atoms with Gasteiger partial charge in [0, 0.05) is 42.0 Å². The number of halogens is 7. The molecule has 9 nitrogen and oxygen atoms in total. The van der Waals surface area contributed by atoms with E-state index in [1.54, 1.807) is 0 Å². The van der Waals surface area contributed by atoms with Gasteiger partial charge in [-0.15, -0.1) is 0 Å². The van der Waals surface area contributed by atoms with Crippen LogP contribution in [0.4, 0.5) is 48.1 Å². The first kappa shape index (κ1) is 30.6. The average Bonchev–Trinajstić information content (AvgIpc) is 2.86. The topological polar surface area (TPSA) is 114 Å². The summed E-state index contributed by atoms with van der Waals surface area (Å²) in [5.41, 5.74) is 0.184. The van der Waals surface area contributed by atoms with Gasteiger partial charge < -0.3 is 20.1 Å². The average molecular weight is 614 g/mol. The molecule has 0 aliphatic carbocycles. The first-order valence-electron chi connectivity index (χ1n) is 10.7. The fourth-order valence-corrected chi connectivity index (χ4v) is 3.95. The maximum atomic E-state index is 13.3. The van der Waals surface area contributed by atoms with E-state index in [2.05, 4.69) is 34.8 Å². The van der Waals surface area contributed by atoms with Gasteiger partial charge in [0.25, 0.3) is 10.0 Å². The minimum absolute atomic E-state index is 0.0983. The van der Waals surface area contributed by atoms with E-state index in [1.807, 2.05) is 0 Å². The summed E-state index contributed by atoms with van der Waals surface area (Å²) in [4.78, 5) is 7.40. The van der Waals surface area contributed by atoms with Crippen LogP contribution < -0.4 is 24.8 Å². The monoisotopic (exact) mass is 613 g/mol. The third-order valence-corrected chi connectivity index (χ3v) is 6.05. The summed E-state index contributed by atoms with van der Waals surface area (Å²) in [5.74, 6) is -5.64. The smallest absolute Gasteiger partial charge is 0.422 e. The van der Waals surface area contributed by atoms with Crippen LogP contribution >= 0.6 is 12.2 Å². The maximum absolute atomic E-state index is 13.3. The Labute approximate surface area is 227 Å². The van der Waals surface area contributed by atoms with Crippen LogP contribution in [0, 0.1) is 0 Å². The fraction of sp³-hybridized carbons (Fsp3) is 0.227. The normalized spacial score (nSPS) is 12.1. The lowest BCUT2D eigenvalue weighted by Gasteiger charge is -2.18. The highest BCUT2D eigenvalue weighted by Gasteiger charge is 2.41. The van der Waals surface area contributed by atoms with Crippen molar-refractivity contribution in [3.05, 3.63) is 60.9 Å². The highest BCUT2D eigenvalue weighted by molar-refractivity contribution is 7.92. The van der Waals surface area contributed by atoms with E-state index in [-0.39, 0.29) is 27.3 Å². The van der Waals surface area contributed by atoms with Crippen LogP contribution in [-0.4, -0.2) is 55.2 Å². The molecule has 3 aromatic rings. The number of benzene rings is 2. The van der Waals surface area contributed by atoms with E-state index in [1.165, 1.54) is 42.7 Å². The molecular weight excluding hydrogens is 595 g/mol. The molecule has 0 fully saturated rings. The first-order chi connectivity index (χ1) is 18.6. The van der Waals surface area contributed by atoms with Crippen LogP contribution in [0.3, 0.4) is 0 Å². The third-order valence-electron chi connectivity index (χ3n) is 4.50. The first-order valence-corrected chi connectivity index (χ1v) is 12.6. The number of hydrogen-bond acceptors (Lipinski definition) is 7. The number of nitrogens with one attached hydrogen (secondary N) is 3. The van der Waals surface area contributed by atoms with Crippen LogP contribution in [0.25, 0.3) is 0 Å². The van der Waals surface area contributed by atoms with E-state index in [0.29, 0.717) is 0 Å². The number of thiocarbonyl (C=S) groups is 1. The summed E-state index contributed by atoms with van der Waals surface area (Å²) in [7, 11) is -4.01. The molecule has 0 aliphatic rings. The number of sulfonamides is 1. The van der Waals surface area contributed by atoms with Crippen molar-refractivity contribution >= 4 is 44.7 Å². The maximum Gasteiger partial charge on any atom is 0.422 e. The molecule has 0 bridgehead atoms. The number of anilines is 3. The van der Waals surface area contributed by atoms with Gasteiger partial charge in [0.2, 0.25) is 5.95 Å². The molecule has 0 aliphatic heterocycles. The molecule has 1 aromatic heterocycles. The number of aromatic nitrogens is 2. The quantitative estimate of drug-likeness (QED) is 0.196. The zero-order valence-corrected chi connectivity index (χ0v) is 21.4. The van der Waals surface area contributed by atoms with E-state index in [0.717, 1.165) is 18.2 Å². The van der Waals surface area contributed by atoms with Gasteiger partial charge in [-0.1, -0.05) is 0 Å². The van der Waals surface area contributed by atoms with Gasteiger partial charge in [0.05, 0.1) is 4.90 Å². The Morgan fingerprint density at radius 2 is 1.43 bits per heavy atom. The highest BCUT2D eigenvalue weighted by atomic mass is 32.2. The second-order valence-electron chi connectivity index (χ2n) is 7.73. The Bertz CT molecular complexity index is 1410. The summed E-state index contributed by atoms with van der Waals surface area (Å²) in [6, 6.07) is 9.52. The van der Waals surface area contributed by atoms with Crippen molar-refractivity contribution in [3.63, 3.8) is 0 Å². The van der Waals surface area contributed by atoms with Gasteiger partial charge in [0.1, 0.15) is 11.5 Å². The van der Waals surface area contributed by atoms with Crippen LogP contribution in [0.5, 0.6) is 11.5 Å². The molecule has 0 saturated carbocycles. The van der Waals surface area contributed by atoms with Crippen molar-refractivity contribution < 1.29 is 48.6 Å². The number of ether oxygens (including phenoxy) is 2. The van der Waals surface area contributed by atoms with Crippen LogP contribution in [0.15, 0.2) is 65.8 Å². The third kappa shape index (κ3) is 9.37. The molecule has 0 amide bonds. The molecular formula is C22H18F7N5O4S2. The van der Waals surface area contributed by atoms with Crippen molar-refractivity contribution in [1.82, 2.24) is 9.97 Å². The van der Waals surface area contributed by atoms with E-state index >= 15 is 0 Å². The largest absolute Gasteiger partial charge is 0.487 e. The van der Waals surface area contributed by atoms with Gasteiger partial charge in [-0.2, -0.15) is 22.0 Å². The molecule has 3 N–H and O–H groups in total. The minimum Gasteiger partial charge on any atom is -0.487 e. The molecule has 18 heteroatoms. The van der Waals surface area contributed by atoms with E-state index in [4.69, 9.17) is 12.2 Å². The zero-order chi connectivity index (χ0) is 29.6. The molecule has 0 spiro atoms. The molecule has 0 unspecified atom stereocenters. The zero-order valence-electron chi connectivity index (χ0n) is 19.8. The summed E-state index contributed by atoms with van der Waals surface area (Å²) < 4.78 is 125. The summed E-state index contributed by atoms with van der Waals surface area (Å²) in [6.45, 7) is -3.48. The van der Waals surface area contributed by atoms with Crippen LogP contribution in [0.1, 0.15) is 0 Å². The number of nitrogens with zero attached hydrogens (tertiary/aromatic N) is 2. The molecule has 216 valence electrons. The lowest BCUT2D eigenvalue weighted by Crippen LogP contribution is -2.33. The molecule has 3 rings (SSSR count). The number of rotatable bonds is 11. The van der Waals surface area contributed by atoms with Gasteiger partial charge in [-0.3, -0.25) is 0 Å². The Morgan fingerprint density at radius 1 is 0.875 bits per heavy atom. The van der Waals surface area contributed by atoms with Crippen molar-refractivity contribution in [3.8, 4) is 11.5 Å². The lowest BCUT2D eigenvalue weighted by molar-refractivity contribution is -0.153. The highest BCUT2D eigenvalue weighted by Crippen LogP contribution is 2.30. The second-order valence-corrected chi connectivity index (χ2v) is 9.82. The molecule has 0 saturated heterocycles. The summed E-state index contributed by atoms with van der Waals surface area (Å²) >= 11 is 5.13. The SMILES string of the molecule is O=S(=O)(Nc1ncccn1)c1ccc(NC(=S)Nc2cc(OCC(F)(F)F)cc(OCC(F)(F)C(F)F)c2)cc1. The Kier molecular flexibility index (Phi) is 9.56. The number of alkyl halides is 7. The Hall–Kier alpha value is -3.93. The van der Waals surface area contributed by atoms with Crippen molar-refractivity contribution in [2.75, 3.05) is 28.6 Å². The summed E-state index contributed by atoms with van der Waals surface area (Å²) in [6.07, 6.45) is -6.07. The van der Waals surface area contributed by atoms with Crippen molar-refractivity contribution in [1.29, 1.82) is 0 Å². The van der Waals surface area contributed by atoms with Gasteiger partial charge >= 0.3 is 18.5 Å². The second kappa shape index (κ2) is 12.5. The predicted molar refractivity (Wildman–Crippen MR) is 134 cm³/mol. The molecule has 40 heavy (non-hydrogen) atoms. The van der Waals surface area contributed by atoms with Gasteiger partial charge in [-0.05, 0) is 42.5 Å². The Morgan fingerprint density at radius 3 is 1.98 bits per heavy atom. The predicted octanol–water partition coefficient (Wildman–Crippen LogP) is 5.31. The van der Waals surface area contributed by atoms with Crippen molar-refractivity contribution in [2.45, 2.75) is 23.4 Å². The van der Waals surface area contributed by atoms with Crippen LogP contribution in [0.2, 0.25) is 0 Å². The molecule has 0 atom stereocenters. The minimum atomic E-state index is -4.73. The van der Waals surface area contributed by atoms with E-state index < -0.39 is 53.3 Å². The molecule has 1 heterocycles. The van der Waals surface area contributed by atoms with Gasteiger partial charge in [0.15, 0.2) is 18.3 Å². The van der Waals surface area contributed by atoms with Crippen LogP contribution in [-0.2, 0) is 10.0 Å². The number of hydrogen-bond donors (Lipinski definition) is 3. The standard InChI is InChI=1S/C22H18F7N5O4S2/c23-18(24)21(25,26)11-37-15-8-14(9-16(10-15)38-12-22(27,28)29)33-20(39)32-13-2-4-17(5-3-13)40(35,36)34-19-30-6-1-7-31-19/h1-10,18H,11-12H2,(H,30,31,34)(H2,32,33,39). The lowest BCUT2D eigenvalue weighted by atomic mass is 10.2. The molecule has 2 aromatic carbocycles. The Balaban J connectivity index is 1.70. The van der Waals surface area contributed by atoms with E-state index in [9.17, 15) is 39.2 Å². The summed E-state index contributed by atoms with van der Waals surface area (Å²) in [5, 5.41) is 5.08. The fourth-order valence-electron chi connectivity index (χ4n) is 2.76. The van der Waals surface area contributed by atoms with Gasteiger partial charge in [-0.25, -0.2) is 31.9 Å². The van der Waals surface area contributed by atoms with Crippen molar-refractivity contribution in [2.24, 2.45) is 0 Å².